The van der Waals surface area contributed by atoms with E-state index in [4.69, 9.17) is 15.2 Å². The first-order chi connectivity index (χ1) is 9.76. The van der Waals surface area contributed by atoms with E-state index in [-0.39, 0.29) is 0 Å². The normalized spacial score (nSPS) is 10.4. The molecular weight excluding hydrogens is 252 g/mol. The molecular formula is C16H14N2O2. The topological polar surface area (TPSA) is 57.4 Å². The lowest BCUT2D eigenvalue weighted by Crippen LogP contribution is -1.90. The van der Waals surface area contributed by atoms with Gasteiger partial charge >= 0.3 is 0 Å². The molecule has 0 saturated carbocycles. The Morgan fingerprint density at radius 1 is 1.00 bits per heavy atom. The summed E-state index contributed by atoms with van der Waals surface area (Å²) in [6, 6.07) is 14.8. The number of fused-ring (bicyclic) bond motifs is 1. The molecule has 1 aromatic heterocycles. The average molecular weight is 266 g/mol. The van der Waals surface area contributed by atoms with Gasteiger partial charge in [0.2, 0.25) is 0 Å². The third-order valence-electron chi connectivity index (χ3n) is 2.99. The molecule has 0 bridgehead atoms. The molecule has 100 valence electrons. The van der Waals surface area contributed by atoms with Gasteiger partial charge in [-0.1, -0.05) is 6.07 Å². The van der Waals surface area contributed by atoms with E-state index in [2.05, 4.69) is 4.98 Å². The van der Waals surface area contributed by atoms with Crippen LogP contribution in [0.15, 0.2) is 54.7 Å². The van der Waals surface area contributed by atoms with Crippen LogP contribution in [0.3, 0.4) is 0 Å². The third-order valence-corrected chi connectivity index (χ3v) is 2.99. The van der Waals surface area contributed by atoms with Crippen LogP contribution < -0.4 is 15.2 Å². The van der Waals surface area contributed by atoms with Gasteiger partial charge in [0.05, 0.1) is 12.6 Å². The molecule has 0 aliphatic heterocycles. The quantitative estimate of drug-likeness (QED) is 0.736. The molecule has 1 heterocycles. The van der Waals surface area contributed by atoms with Gasteiger partial charge in [0.1, 0.15) is 17.2 Å². The van der Waals surface area contributed by atoms with Crippen molar-refractivity contribution in [1.29, 1.82) is 0 Å². The molecule has 3 rings (SSSR count). The van der Waals surface area contributed by atoms with Crippen LogP contribution in [0, 0.1) is 0 Å². The number of aromatic nitrogens is 1. The first-order valence-electron chi connectivity index (χ1n) is 6.22. The molecule has 2 aromatic carbocycles. The minimum absolute atomic E-state index is 0.665. The predicted octanol–water partition coefficient (Wildman–Crippen LogP) is 3.62. The van der Waals surface area contributed by atoms with E-state index >= 15 is 0 Å². The lowest BCUT2D eigenvalue weighted by molar-refractivity contribution is 0.415. The van der Waals surface area contributed by atoms with Crippen molar-refractivity contribution in [2.45, 2.75) is 0 Å². The summed E-state index contributed by atoms with van der Waals surface area (Å²) in [4.78, 5) is 4.32. The maximum Gasteiger partial charge on any atom is 0.138 e. The molecule has 0 amide bonds. The second kappa shape index (κ2) is 5.09. The number of pyridine rings is 1. The van der Waals surface area contributed by atoms with Crippen molar-refractivity contribution < 1.29 is 9.47 Å². The summed E-state index contributed by atoms with van der Waals surface area (Å²) >= 11 is 0. The average Bonchev–Trinajstić information content (AvgIpc) is 2.47. The fourth-order valence-electron chi connectivity index (χ4n) is 2.02. The second-order valence-corrected chi connectivity index (χ2v) is 4.37. The minimum Gasteiger partial charge on any atom is -0.497 e. The van der Waals surface area contributed by atoms with Gasteiger partial charge in [0, 0.05) is 23.3 Å². The molecule has 0 saturated heterocycles. The van der Waals surface area contributed by atoms with Gasteiger partial charge in [-0.3, -0.25) is 4.98 Å². The molecule has 0 spiro atoms. The summed E-state index contributed by atoms with van der Waals surface area (Å²) in [7, 11) is 1.63. The molecule has 4 heteroatoms. The highest BCUT2D eigenvalue weighted by Crippen LogP contribution is 2.31. The number of hydrogen-bond donors (Lipinski definition) is 1. The van der Waals surface area contributed by atoms with Crippen LogP contribution in [0.25, 0.3) is 10.9 Å². The predicted molar refractivity (Wildman–Crippen MR) is 79.2 cm³/mol. The summed E-state index contributed by atoms with van der Waals surface area (Å²) in [6.45, 7) is 0. The molecule has 3 aromatic rings. The van der Waals surface area contributed by atoms with Gasteiger partial charge in [-0.15, -0.1) is 0 Å². The summed E-state index contributed by atoms with van der Waals surface area (Å²) < 4.78 is 11.1. The zero-order chi connectivity index (χ0) is 13.9. The summed E-state index contributed by atoms with van der Waals surface area (Å²) in [6.07, 6.45) is 1.72. The first-order valence-corrected chi connectivity index (χ1v) is 6.22. The molecule has 0 aliphatic carbocycles. The Hall–Kier alpha value is -2.75. The summed E-state index contributed by atoms with van der Waals surface area (Å²) in [5, 5.41) is 0.897. The fraction of sp³-hybridized carbons (Fsp3) is 0.0625. The summed E-state index contributed by atoms with van der Waals surface area (Å²) in [5.74, 6) is 2.18. The van der Waals surface area contributed by atoms with E-state index in [9.17, 15) is 0 Å². The number of anilines is 1. The van der Waals surface area contributed by atoms with Gasteiger partial charge in [-0.05, 0) is 36.4 Å². The Kier molecular flexibility index (Phi) is 3.13. The SMILES string of the molecule is COc1ccc2nccc(Oc3cccc(N)c3)c2c1. The zero-order valence-electron chi connectivity index (χ0n) is 11.0. The van der Waals surface area contributed by atoms with Crippen LogP contribution in [-0.4, -0.2) is 12.1 Å². The van der Waals surface area contributed by atoms with Gasteiger partial charge < -0.3 is 15.2 Å². The van der Waals surface area contributed by atoms with Crippen LogP contribution in [0.2, 0.25) is 0 Å². The molecule has 0 atom stereocenters. The Morgan fingerprint density at radius 3 is 2.70 bits per heavy atom. The standard InChI is InChI=1S/C16H14N2O2/c1-19-12-5-6-15-14(10-12)16(7-8-18-15)20-13-4-2-3-11(17)9-13/h2-10H,17H2,1H3. The van der Waals surface area contributed by atoms with Gasteiger partial charge in [0.25, 0.3) is 0 Å². The Bertz CT molecular complexity index is 756. The van der Waals surface area contributed by atoms with Crippen molar-refractivity contribution in [3.63, 3.8) is 0 Å². The molecule has 4 nitrogen and oxygen atoms in total. The van der Waals surface area contributed by atoms with Crippen LogP contribution in [-0.2, 0) is 0 Å². The lowest BCUT2D eigenvalue weighted by Gasteiger charge is -2.10. The maximum absolute atomic E-state index is 5.90. The fourth-order valence-corrected chi connectivity index (χ4v) is 2.02. The molecule has 0 aliphatic rings. The molecule has 20 heavy (non-hydrogen) atoms. The van der Waals surface area contributed by atoms with Crippen molar-refractivity contribution in [2.75, 3.05) is 12.8 Å². The Morgan fingerprint density at radius 2 is 1.90 bits per heavy atom. The summed E-state index contributed by atoms with van der Waals surface area (Å²) in [5.41, 5.74) is 7.28. The molecule has 2 N–H and O–H groups in total. The van der Waals surface area contributed by atoms with Gasteiger partial charge in [-0.25, -0.2) is 0 Å². The van der Waals surface area contributed by atoms with E-state index < -0.39 is 0 Å². The van der Waals surface area contributed by atoms with Gasteiger partial charge in [-0.2, -0.15) is 0 Å². The zero-order valence-corrected chi connectivity index (χ0v) is 11.0. The number of ether oxygens (including phenoxy) is 2. The lowest BCUT2D eigenvalue weighted by atomic mass is 10.2. The van der Waals surface area contributed by atoms with E-state index in [1.54, 1.807) is 19.4 Å². The number of nitrogen functional groups attached to an aromatic ring is 1. The highest BCUT2D eigenvalue weighted by molar-refractivity contribution is 5.86. The van der Waals surface area contributed by atoms with Crippen LogP contribution in [0.5, 0.6) is 17.2 Å². The molecule has 0 unspecified atom stereocenters. The third kappa shape index (κ3) is 2.36. The maximum atomic E-state index is 5.90. The van der Waals surface area contributed by atoms with Crippen molar-refractivity contribution >= 4 is 16.6 Å². The first kappa shape index (κ1) is 12.3. The van der Waals surface area contributed by atoms with E-state index in [1.165, 1.54) is 0 Å². The minimum atomic E-state index is 0.665. The molecule has 0 radical (unpaired) electrons. The number of benzene rings is 2. The van der Waals surface area contributed by atoms with Crippen molar-refractivity contribution in [2.24, 2.45) is 0 Å². The van der Waals surface area contributed by atoms with Crippen LogP contribution in [0.4, 0.5) is 5.69 Å². The number of hydrogen-bond acceptors (Lipinski definition) is 4. The largest absolute Gasteiger partial charge is 0.497 e. The number of methoxy groups -OCH3 is 1. The smallest absolute Gasteiger partial charge is 0.138 e. The van der Waals surface area contributed by atoms with E-state index in [0.29, 0.717) is 11.4 Å². The van der Waals surface area contributed by atoms with Crippen molar-refractivity contribution in [3.05, 3.63) is 54.7 Å². The number of nitrogens with two attached hydrogens (primary N) is 1. The van der Waals surface area contributed by atoms with Crippen LogP contribution >= 0.6 is 0 Å². The Balaban J connectivity index is 2.06. The van der Waals surface area contributed by atoms with E-state index in [1.807, 2.05) is 42.5 Å². The number of nitrogens with zero attached hydrogens (tertiary/aromatic N) is 1. The van der Waals surface area contributed by atoms with Crippen molar-refractivity contribution in [3.8, 4) is 17.2 Å². The van der Waals surface area contributed by atoms with Gasteiger partial charge in [0.15, 0.2) is 0 Å². The van der Waals surface area contributed by atoms with Crippen molar-refractivity contribution in [1.82, 2.24) is 4.98 Å². The molecule has 0 fully saturated rings. The highest BCUT2D eigenvalue weighted by Gasteiger charge is 2.06. The Labute approximate surface area is 116 Å². The second-order valence-electron chi connectivity index (χ2n) is 4.37. The van der Waals surface area contributed by atoms with Crippen LogP contribution in [0.1, 0.15) is 0 Å². The number of rotatable bonds is 3. The van der Waals surface area contributed by atoms with E-state index in [0.717, 1.165) is 22.4 Å². The monoisotopic (exact) mass is 266 g/mol. The highest BCUT2D eigenvalue weighted by atomic mass is 16.5.